The fourth-order valence-electron chi connectivity index (χ4n) is 3.81. The zero-order chi connectivity index (χ0) is 20.9. The first-order valence-electron chi connectivity index (χ1n) is 9.92. The molecule has 4 rings (SSSR count). The van der Waals surface area contributed by atoms with E-state index in [0.29, 0.717) is 18.7 Å². The number of hydrogen-bond acceptors (Lipinski definition) is 3. The molecule has 0 bridgehead atoms. The molecular formula is C26H23NO3. The van der Waals surface area contributed by atoms with Crippen LogP contribution in [0, 0.1) is 0 Å². The van der Waals surface area contributed by atoms with Crippen LogP contribution in [0.2, 0.25) is 0 Å². The summed E-state index contributed by atoms with van der Waals surface area (Å²) < 4.78 is 0. The van der Waals surface area contributed by atoms with E-state index in [1.807, 2.05) is 78.9 Å². The number of carboxylic acid groups (broad SMARTS) is 1. The number of fused-ring (bicyclic) bond motifs is 1. The van der Waals surface area contributed by atoms with E-state index in [0.717, 1.165) is 27.5 Å². The van der Waals surface area contributed by atoms with Crippen LogP contribution in [0.15, 0.2) is 91.0 Å². The molecular weight excluding hydrogens is 374 g/mol. The number of aliphatic hydroxyl groups excluding tert-OH is 1. The number of benzene rings is 4. The van der Waals surface area contributed by atoms with Crippen molar-refractivity contribution in [1.82, 2.24) is 5.32 Å². The van der Waals surface area contributed by atoms with Crippen LogP contribution >= 0.6 is 0 Å². The number of hydrogen-bond donors (Lipinski definition) is 3. The Bertz CT molecular complexity index is 1170. The van der Waals surface area contributed by atoms with Crippen LogP contribution in [-0.4, -0.2) is 22.7 Å². The molecule has 30 heavy (non-hydrogen) atoms. The molecule has 3 N–H and O–H groups in total. The van der Waals surface area contributed by atoms with Crippen LogP contribution < -0.4 is 5.32 Å². The molecule has 4 aromatic carbocycles. The minimum Gasteiger partial charge on any atom is -0.478 e. The topological polar surface area (TPSA) is 69.6 Å². The summed E-state index contributed by atoms with van der Waals surface area (Å²) in [5.74, 6) is -0.947. The monoisotopic (exact) mass is 397 g/mol. The number of nitrogens with one attached hydrogen (secondary N) is 1. The van der Waals surface area contributed by atoms with Crippen LogP contribution in [0.25, 0.3) is 21.9 Å². The van der Waals surface area contributed by atoms with Crippen molar-refractivity contribution in [2.24, 2.45) is 0 Å². The van der Waals surface area contributed by atoms with Crippen molar-refractivity contribution in [3.8, 4) is 11.1 Å². The Balaban J connectivity index is 1.69. The Labute approximate surface area is 175 Å². The summed E-state index contributed by atoms with van der Waals surface area (Å²) in [4.78, 5) is 11.8. The fourth-order valence-corrected chi connectivity index (χ4v) is 3.81. The molecule has 0 saturated heterocycles. The van der Waals surface area contributed by atoms with Gasteiger partial charge in [-0.25, -0.2) is 4.79 Å². The molecule has 0 fully saturated rings. The quantitative estimate of drug-likeness (QED) is 0.409. The molecule has 0 aliphatic carbocycles. The predicted octanol–water partition coefficient (Wildman–Crippen LogP) is 5.03. The summed E-state index contributed by atoms with van der Waals surface area (Å²) in [5, 5.41) is 25.6. The Morgan fingerprint density at radius 1 is 0.800 bits per heavy atom. The van der Waals surface area contributed by atoms with Gasteiger partial charge in [0.05, 0.1) is 11.7 Å². The van der Waals surface area contributed by atoms with E-state index >= 15 is 0 Å². The van der Waals surface area contributed by atoms with E-state index in [1.54, 1.807) is 12.1 Å². The van der Waals surface area contributed by atoms with E-state index in [9.17, 15) is 15.0 Å². The zero-order valence-corrected chi connectivity index (χ0v) is 16.5. The molecule has 0 radical (unpaired) electrons. The van der Waals surface area contributed by atoms with E-state index in [2.05, 4.69) is 5.32 Å². The van der Waals surface area contributed by atoms with Crippen molar-refractivity contribution < 1.29 is 15.0 Å². The maximum atomic E-state index is 11.8. The molecule has 0 aliphatic heterocycles. The lowest BCUT2D eigenvalue weighted by Crippen LogP contribution is -2.21. The molecule has 4 aromatic rings. The standard InChI is InChI=1S/C26H23NO3/c28-25(19-9-2-1-3-10-19)17-27-16-24-20-11-5-4-8-18(20)14-15-22(24)21-12-6-7-13-23(21)26(29)30/h1-15,25,27-28H,16-17H2,(H,29,30). The summed E-state index contributed by atoms with van der Waals surface area (Å²) in [6, 6.07) is 28.7. The highest BCUT2D eigenvalue weighted by Crippen LogP contribution is 2.32. The minimum atomic E-state index is -0.947. The lowest BCUT2D eigenvalue weighted by atomic mass is 9.91. The molecule has 0 saturated carbocycles. The molecule has 0 amide bonds. The largest absolute Gasteiger partial charge is 0.478 e. The van der Waals surface area contributed by atoms with E-state index < -0.39 is 12.1 Å². The summed E-state index contributed by atoms with van der Waals surface area (Å²) in [6.45, 7) is 0.905. The molecule has 150 valence electrons. The van der Waals surface area contributed by atoms with Crippen molar-refractivity contribution in [2.45, 2.75) is 12.6 Å². The van der Waals surface area contributed by atoms with Gasteiger partial charge in [0.25, 0.3) is 0 Å². The van der Waals surface area contributed by atoms with Gasteiger partial charge in [0.2, 0.25) is 0 Å². The second-order valence-electron chi connectivity index (χ2n) is 7.22. The highest BCUT2D eigenvalue weighted by Gasteiger charge is 2.16. The molecule has 0 heterocycles. The maximum Gasteiger partial charge on any atom is 0.336 e. The van der Waals surface area contributed by atoms with Gasteiger partial charge in [0.15, 0.2) is 0 Å². The molecule has 4 nitrogen and oxygen atoms in total. The summed E-state index contributed by atoms with van der Waals surface area (Å²) in [6.07, 6.45) is -0.615. The van der Waals surface area contributed by atoms with E-state index in [4.69, 9.17) is 0 Å². The highest BCUT2D eigenvalue weighted by atomic mass is 16.4. The molecule has 0 aromatic heterocycles. The molecule has 0 spiro atoms. The van der Waals surface area contributed by atoms with Gasteiger partial charge in [0, 0.05) is 13.1 Å². The van der Waals surface area contributed by atoms with Crippen LogP contribution in [-0.2, 0) is 6.54 Å². The van der Waals surface area contributed by atoms with Gasteiger partial charge in [-0.05, 0) is 39.1 Å². The summed E-state index contributed by atoms with van der Waals surface area (Å²) in [5.41, 5.74) is 3.73. The molecule has 0 aliphatic rings. The number of aromatic carboxylic acids is 1. The number of carboxylic acids is 1. The molecule has 1 unspecified atom stereocenters. The van der Waals surface area contributed by atoms with E-state index in [-0.39, 0.29) is 5.56 Å². The lowest BCUT2D eigenvalue weighted by molar-refractivity contribution is 0.0697. The van der Waals surface area contributed by atoms with Crippen molar-refractivity contribution in [3.05, 3.63) is 108 Å². The first-order chi connectivity index (χ1) is 14.6. The van der Waals surface area contributed by atoms with Crippen LogP contribution in [0.5, 0.6) is 0 Å². The third-order valence-corrected chi connectivity index (χ3v) is 5.31. The number of aliphatic hydroxyl groups is 1. The van der Waals surface area contributed by atoms with Gasteiger partial charge in [-0.2, -0.15) is 0 Å². The molecule has 4 heteroatoms. The van der Waals surface area contributed by atoms with Crippen LogP contribution in [0.3, 0.4) is 0 Å². The SMILES string of the molecule is O=C(O)c1ccccc1-c1ccc2ccccc2c1CNCC(O)c1ccccc1. The average Bonchev–Trinajstić information content (AvgIpc) is 2.79. The normalized spacial score (nSPS) is 12.0. The Kier molecular flexibility index (Phi) is 5.89. The summed E-state index contributed by atoms with van der Waals surface area (Å²) >= 11 is 0. The van der Waals surface area contributed by atoms with Crippen molar-refractivity contribution in [3.63, 3.8) is 0 Å². The average molecular weight is 397 g/mol. The smallest absolute Gasteiger partial charge is 0.336 e. The van der Waals surface area contributed by atoms with Crippen molar-refractivity contribution >= 4 is 16.7 Å². The third kappa shape index (κ3) is 4.10. The first kappa shape index (κ1) is 19.8. The Hall–Kier alpha value is -3.47. The third-order valence-electron chi connectivity index (χ3n) is 5.31. The second kappa shape index (κ2) is 8.91. The number of carbonyl (C=O) groups is 1. The fraction of sp³-hybridized carbons (Fsp3) is 0.115. The lowest BCUT2D eigenvalue weighted by Gasteiger charge is -2.17. The van der Waals surface area contributed by atoms with Gasteiger partial charge in [0.1, 0.15) is 0 Å². The maximum absolute atomic E-state index is 11.8. The first-order valence-corrected chi connectivity index (χ1v) is 9.92. The van der Waals surface area contributed by atoms with Gasteiger partial charge in [-0.1, -0.05) is 84.9 Å². The van der Waals surface area contributed by atoms with Gasteiger partial charge < -0.3 is 15.5 Å². The highest BCUT2D eigenvalue weighted by molar-refractivity contribution is 5.99. The second-order valence-corrected chi connectivity index (χ2v) is 7.22. The van der Waals surface area contributed by atoms with E-state index in [1.165, 1.54) is 0 Å². The van der Waals surface area contributed by atoms with Crippen LogP contribution in [0.1, 0.15) is 27.6 Å². The van der Waals surface area contributed by atoms with Gasteiger partial charge in [-0.15, -0.1) is 0 Å². The van der Waals surface area contributed by atoms with Crippen molar-refractivity contribution in [2.75, 3.05) is 6.54 Å². The number of rotatable bonds is 7. The van der Waals surface area contributed by atoms with Crippen molar-refractivity contribution in [1.29, 1.82) is 0 Å². The van der Waals surface area contributed by atoms with Gasteiger partial charge >= 0.3 is 5.97 Å². The Morgan fingerprint density at radius 2 is 1.50 bits per heavy atom. The Morgan fingerprint density at radius 3 is 2.30 bits per heavy atom. The minimum absolute atomic E-state index is 0.276. The summed E-state index contributed by atoms with van der Waals surface area (Å²) in [7, 11) is 0. The molecule has 1 atom stereocenters. The predicted molar refractivity (Wildman–Crippen MR) is 119 cm³/mol. The van der Waals surface area contributed by atoms with Gasteiger partial charge in [-0.3, -0.25) is 0 Å². The van der Waals surface area contributed by atoms with Crippen LogP contribution in [0.4, 0.5) is 0 Å². The zero-order valence-electron chi connectivity index (χ0n) is 16.5.